The van der Waals surface area contributed by atoms with Crippen molar-refractivity contribution in [1.82, 2.24) is 0 Å². The van der Waals surface area contributed by atoms with E-state index < -0.39 is 0 Å². The van der Waals surface area contributed by atoms with E-state index in [4.69, 9.17) is 24.7 Å². The molecule has 0 aromatic heterocycles. The van der Waals surface area contributed by atoms with E-state index in [0.717, 1.165) is 30.0 Å². The molecule has 6 nitrogen and oxygen atoms in total. The van der Waals surface area contributed by atoms with Gasteiger partial charge in [0, 0.05) is 5.92 Å². The van der Waals surface area contributed by atoms with Crippen LogP contribution in [0.4, 0.5) is 11.4 Å². The zero-order valence-electron chi connectivity index (χ0n) is 14.5. The zero-order chi connectivity index (χ0) is 16.9. The van der Waals surface area contributed by atoms with Crippen molar-refractivity contribution >= 4 is 11.4 Å². The first-order chi connectivity index (χ1) is 11.4. The first-order valence-electron chi connectivity index (χ1n) is 8.63. The second-order valence-corrected chi connectivity index (χ2v) is 7.78. The van der Waals surface area contributed by atoms with E-state index in [9.17, 15) is 0 Å². The van der Waals surface area contributed by atoms with Gasteiger partial charge in [0.1, 0.15) is 6.10 Å². The van der Waals surface area contributed by atoms with Gasteiger partial charge < -0.3 is 30.0 Å². The average Bonchev–Trinajstić information content (AvgIpc) is 2.93. The van der Waals surface area contributed by atoms with Crippen LogP contribution >= 0.6 is 0 Å². The van der Waals surface area contributed by atoms with Gasteiger partial charge >= 0.3 is 0 Å². The molecule has 0 spiro atoms. The minimum atomic E-state index is -0.215. The molecular formula is C18H26N2O4. The number of fused-ring (bicyclic) bond motifs is 1. The predicted molar refractivity (Wildman–Crippen MR) is 90.5 cm³/mol. The molecule has 24 heavy (non-hydrogen) atoms. The molecule has 5 atom stereocenters. The van der Waals surface area contributed by atoms with E-state index in [0.29, 0.717) is 12.5 Å². The molecule has 3 fully saturated rings. The van der Waals surface area contributed by atoms with E-state index in [-0.39, 0.29) is 30.3 Å². The van der Waals surface area contributed by atoms with Crippen LogP contribution in [-0.2, 0) is 18.9 Å². The monoisotopic (exact) mass is 334 g/mol. The molecule has 4 rings (SSSR count). The summed E-state index contributed by atoms with van der Waals surface area (Å²) in [5, 5.41) is 3.54. The maximum atomic E-state index is 6.16. The molecule has 3 saturated heterocycles. The fraction of sp³-hybridized carbons (Fsp3) is 0.667. The van der Waals surface area contributed by atoms with Crippen molar-refractivity contribution in [2.75, 3.05) is 24.3 Å². The van der Waals surface area contributed by atoms with Crippen LogP contribution in [0.3, 0.4) is 0 Å². The molecule has 3 aliphatic rings. The largest absolute Gasteiger partial charge is 0.397 e. The van der Waals surface area contributed by atoms with Crippen molar-refractivity contribution < 1.29 is 18.9 Å². The highest BCUT2D eigenvalue weighted by Crippen LogP contribution is 2.43. The number of anilines is 2. The van der Waals surface area contributed by atoms with Crippen molar-refractivity contribution in [3.63, 3.8) is 0 Å². The smallest absolute Gasteiger partial charge is 0.189 e. The summed E-state index contributed by atoms with van der Waals surface area (Å²) in [6.07, 6.45) is 0.759. The zero-order valence-corrected chi connectivity index (χ0v) is 14.5. The summed E-state index contributed by atoms with van der Waals surface area (Å²) in [6.45, 7) is 7.51. The molecule has 3 aliphatic heterocycles. The van der Waals surface area contributed by atoms with Gasteiger partial charge in [-0.3, -0.25) is 0 Å². The number of rotatable bonds is 4. The summed E-state index contributed by atoms with van der Waals surface area (Å²) in [6, 6.07) is 6.22. The topological polar surface area (TPSA) is 78.3 Å². The number of benzene rings is 1. The number of ether oxygens (including phenoxy) is 4. The molecule has 0 radical (unpaired) electrons. The molecule has 3 heterocycles. The summed E-state index contributed by atoms with van der Waals surface area (Å²) >= 11 is 0. The molecule has 6 heteroatoms. The third-order valence-corrected chi connectivity index (χ3v) is 4.71. The molecule has 0 amide bonds. The second kappa shape index (κ2) is 5.88. The maximum absolute atomic E-state index is 6.16. The maximum Gasteiger partial charge on any atom is 0.189 e. The van der Waals surface area contributed by atoms with Gasteiger partial charge in [-0.2, -0.15) is 0 Å². The van der Waals surface area contributed by atoms with Gasteiger partial charge in [-0.1, -0.05) is 6.07 Å². The fourth-order valence-corrected chi connectivity index (χ4v) is 3.46. The van der Waals surface area contributed by atoms with E-state index in [1.165, 1.54) is 0 Å². The van der Waals surface area contributed by atoms with Crippen LogP contribution in [0.15, 0.2) is 18.2 Å². The Labute approximate surface area is 142 Å². The Morgan fingerprint density at radius 1 is 1.25 bits per heavy atom. The number of epoxide rings is 1. The third-order valence-electron chi connectivity index (χ3n) is 4.71. The van der Waals surface area contributed by atoms with Gasteiger partial charge in [-0.15, -0.1) is 0 Å². The first kappa shape index (κ1) is 16.1. The normalized spacial score (nSPS) is 35.0. The summed E-state index contributed by atoms with van der Waals surface area (Å²) in [4.78, 5) is 0. The predicted octanol–water partition coefficient (Wildman–Crippen LogP) is 2.65. The minimum absolute atomic E-state index is 0.0206. The summed E-state index contributed by atoms with van der Waals surface area (Å²) in [5.41, 5.74) is 8.68. The number of nitrogens with one attached hydrogen (secondary N) is 1. The van der Waals surface area contributed by atoms with Crippen molar-refractivity contribution in [2.24, 2.45) is 5.92 Å². The molecule has 132 valence electrons. The summed E-state index contributed by atoms with van der Waals surface area (Å²) in [7, 11) is 0. The van der Waals surface area contributed by atoms with Gasteiger partial charge in [-0.25, -0.2) is 0 Å². The molecule has 0 bridgehead atoms. The van der Waals surface area contributed by atoms with Crippen molar-refractivity contribution in [3.05, 3.63) is 23.8 Å². The highest BCUT2D eigenvalue weighted by molar-refractivity contribution is 5.68. The van der Waals surface area contributed by atoms with Crippen LogP contribution in [0, 0.1) is 5.92 Å². The Kier molecular flexibility index (Phi) is 3.95. The quantitative estimate of drug-likeness (QED) is 0.651. The minimum Gasteiger partial charge on any atom is -0.397 e. The van der Waals surface area contributed by atoms with Gasteiger partial charge in [-0.05, 0) is 44.9 Å². The van der Waals surface area contributed by atoms with Crippen LogP contribution < -0.4 is 11.1 Å². The van der Waals surface area contributed by atoms with Crippen LogP contribution in [0.1, 0.15) is 38.9 Å². The lowest BCUT2D eigenvalue weighted by atomic mass is 10.00. The average molecular weight is 334 g/mol. The molecule has 1 aromatic carbocycles. The Balaban J connectivity index is 1.45. The molecule has 3 unspecified atom stereocenters. The third kappa shape index (κ3) is 3.24. The Hall–Kier alpha value is -1.34. The lowest BCUT2D eigenvalue weighted by Crippen LogP contribution is -2.28. The van der Waals surface area contributed by atoms with Crippen molar-refractivity contribution in [2.45, 2.75) is 57.5 Å². The number of nitrogen functional groups attached to an aromatic ring is 1. The van der Waals surface area contributed by atoms with Crippen molar-refractivity contribution in [3.8, 4) is 0 Å². The van der Waals surface area contributed by atoms with Gasteiger partial charge in [0.25, 0.3) is 0 Å². The van der Waals surface area contributed by atoms with E-state index in [1.807, 2.05) is 32.9 Å². The number of nitrogens with two attached hydrogens (primary N) is 1. The number of hydrogen-bond donors (Lipinski definition) is 2. The highest BCUT2D eigenvalue weighted by Gasteiger charge is 2.45. The highest BCUT2D eigenvalue weighted by atomic mass is 16.8. The second-order valence-electron chi connectivity index (χ2n) is 7.78. The summed E-state index contributed by atoms with van der Waals surface area (Å²) in [5.74, 6) is 0.391. The standard InChI is InChI=1S/C18H26N2O4/c1-18(2,3)24-17-15(23-17)10-4-5-12(19)13(8-10)20-14-9-22-16-11(14)6-7-21-16/h4-5,8,11,14-17,20H,6-7,9,19H2,1-3H3/t11-,14?,15?,16+,17?/m0/s1. The van der Waals surface area contributed by atoms with Crippen LogP contribution in [0.5, 0.6) is 0 Å². The molecular weight excluding hydrogens is 308 g/mol. The van der Waals surface area contributed by atoms with Crippen molar-refractivity contribution in [1.29, 1.82) is 0 Å². The fourth-order valence-electron chi connectivity index (χ4n) is 3.46. The Morgan fingerprint density at radius 2 is 2.08 bits per heavy atom. The van der Waals surface area contributed by atoms with Crippen LogP contribution in [-0.4, -0.2) is 37.4 Å². The SMILES string of the molecule is CC(C)(C)OC1OC1c1ccc(N)c(NC2CO[C@H]3OCC[C@@H]23)c1. The van der Waals surface area contributed by atoms with Gasteiger partial charge in [0.2, 0.25) is 0 Å². The summed E-state index contributed by atoms with van der Waals surface area (Å²) < 4.78 is 22.8. The van der Waals surface area contributed by atoms with Crippen LogP contribution in [0.2, 0.25) is 0 Å². The van der Waals surface area contributed by atoms with Gasteiger partial charge in [0.05, 0.1) is 36.2 Å². The molecule has 0 aliphatic carbocycles. The van der Waals surface area contributed by atoms with E-state index >= 15 is 0 Å². The Morgan fingerprint density at radius 3 is 2.88 bits per heavy atom. The molecule has 1 aromatic rings. The van der Waals surface area contributed by atoms with E-state index in [1.54, 1.807) is 0 Å². The van der Waals surface area contributed by atoms with E-state index in [2.05, 4.69) is 11.4 Å². The number of hydrogen-bond acceptors (Lipinski definition) is 6. The Bertz CT molecular complexity index is 616. The first-order valence-corrected chi connectivity index (χ1v) is 8.63. The van der Waals surface area contributed by atoms with Crippen LogP contribution in [0.25, 0.3) is 0 Å². The lowest BCUT2D eigenvalue weighted by molar-refractivity contribution is -0.0904. The molecule has 0 saturated carbocycles. The van der Waals surface area contributed by atoms with Gasteiger partial charge in [0.15, 0.2) is 12.6 Å². The lowest BCUT2D eigenvalue weighted by Gasteiger charge is -2.20. The molecule has 3 N–H and O–H groups in total.